The Morgan fingerprint density at radius 3 is 2.81 bits per heavy atom. The maximum absolute atomic E-state index is 12.5. The van der Waals surface area contributed by atoms with Gasteiger partial charge in [-0.1, -0.05) is 23.8 Å². The Hall–Kier alpha value is -3.53. The van der Waals surface area contributed by atoms with Gasteiger partial charge in [0.2, 0.25) is 11.9 Å². The highest BCUT2D eigenvalue weighted by Crippen LogP contribution is 2.43. The van der Waals surface area contributed by atoms with Gasteiger partial charge in [-0.05, 0) is 38.3 Å². The summed E-state index contributed by atoms with van der Waals surface area (Å²) >= 11 is 6.46. The van der Waals surface area contributed by atoms with Crippen LogP contribution in [-0.4, -0.2) is 54.8 Å². The predicted octanol–water partition coefficient (Wildman–Crippen LogP) is 4.28. The third kappa shape index (κ3) is 4.77. The largest absolute Gasteiger partial charge is 0.494 e. The van der Waals surface area contributed by atoms with Crippen LogP contribution in [0.25, 0.3) is 0 Å². The van der Waals surface area contributed by atoms with Gasteiger partial charge in [0, 0.05) is 37.4 Å². The molecule has 2 amide bonds. The number of anilines is 4. The smallest absolute Gasteiger partial charge is 0.407 e. The number of amides is 2. The molecule has 1 saturated carbocycles. The van der Waals surface area contributed by atoms with Gasteiger partial charge in [-0.15, -0.1) is 0 Å². The lowest BCUT2D eigenvalue weighted by Crippen LogP contribution is -2.42. The van der Waals surface area contributed by atoms with Crippen molar-refractivity contribution >= 4 is 46.7 Å². The zero-order valence-corrected chi connectivity index (χ0v) is 21.8. The molecule has 5 rings (SSSR count). The van der Waals surface area contributed by atoms with Gasteiger partial charge in [-0.25, -0.2) is 9.78 Å². The number of hydrogen-bond donors (Lipinski definition) is 3. The van der Waals surface area contributed by atoms with Crippen molar-refractivity contribution in [2.45, 2.75) is 44.8 Å². The van der Waals surface area contributed by atoms with Crippen molar-refractivity contribution in [3.63, 3.8) is 0 Å². The summed E-state index contributed by atoms with van der Waals surface area (Å²) in [4.78, 5) is 35.3. The summed E-state index contributed by atoms with van der Waals surface area (Å²) in [5.74, 6) is 1.93. The molecule has 2 aromatic rings. The fourth-order valence-corrected chi connectivity index (χ4v) is 5.74. The minimum atomic E-state index is -0.465. The third-order valence-corrected chi connectivity index (χ3v) is 7.57. The number of carbonyl (C=O) groups is 2. The standard InChI is InChI=1S/C26H31ClN6O4/c1-4-33-19-11-10-18(23(36-3)16(19)6-5-7-20(33)34)30-25-29-13-17(27)24(32-25)31-21-14-8-9-15(12-14)22(21)37-26(35)28-2/h8-11,13-15,21-22H,4-7,12H2,1-3H3,(H,28,35)(H2,29,30,31,32). The number of rotatable bonds is 7. The highest BCUT2D eigenvalue weighted by atomic mass is 35.5. The Morgan fingerprint density at radius 1 is 1.24 bits per heavy atom. The maximum atomic E-state index is 12.5. The first-order valence-electron chi connectivity index (χ1n) is 12.6. The number of carbonyl (C=O) groups excluding carboxylic acids is 2. The number of hydrogen-bond acceptors (Lipinski definition) is 8. The normalized spacial score (nSPS) is 23.9. The molecule has 37 heavy (non-hydrogen) atoms. The molecule has 1 aromatic carbocycles. The summed E-state index contributed by atoms with van der Waals surface area (Å²) in [5, 5.41) is 9.54. The fraction of sp³-hybridized carbons (Fsp3) is 0.462. The van der Waals surface area contributed by atoms with Gasteiger partial charge in [-0.3, -0.25) is 4.79 Å². The number of nitrogens with zero attached hydrogens (tertiary/aromatic N) is 3. The van der Waals surface area contributed by atoms with Gasteiger partial charge < -0.3 is 30.3 Å². The van der Waals surface area contributed by atoms with Crippen LogP contribution in [0, 0.1) is 11.8 Å². The number of halogens is 1. The van der Waals surface area contributed by atoms with Crippen molar-refractivity contribution in [2.75, 3.05) is 36.2 Å². The highest BCUT2D eigenvalue weighted by molar-refractivity contribution is 6.32. The Balaban J connectivity index is 1.40. The average Bonchev–Trinajstić information content (AvgIpc) is 3.45. The van der Waals surface area contributed by atoms with Crippen molar-refractivity contribution in [3.8, 4) is 5.75 Å². The molecule has 2 heterocycles. The minimum absolute atomic E-state index is 0.120. The van der Waals surface area contributed by atoms with Crippen LogP contribution in [-0.2, 0) is 16.0 Å². The molecule has 11 heteroatoms. The molecule has 3 aliphatic rings. The topological polar surface area (TPSA) is 118 Å². The number of alkyl carbamates (subject to hydrolysis) is 1. The third-order valence-electron chi connectivity index (χ3n) is 7.29. The molecule has 1 aromatic heterocycles. The summed E-state index contributed by atoms with van der Waals surface area (Å²) in [6.45, 7) is 2.57. The molecule has 1 fully saturated rings. The van der Waals surface area contributed by atoms with E-state index in [1.807, 2.05) is 19.1 Å². The molecule has 10 nitrogen and oxygen atoms in total. The van der Waals surface area contributed by atoms with Crippen LogP contribution in [0.3, 0.4) is 0 Å². The van der Waals surface area contributed by atoms with Gasteiger partial charge in [0.25, 0.3) is 0 Å². The lowest BCUT2D eigenvalue weighted by molar-refractivity contribution is -0.118. The van der Waals surface area contributed by atoms with E-state index < -0.39 is 6.09 Å². The SMILES string of the molecule is CCN1C(=O)CCCc2c1ccc(Nc1ncc(Cl)c(NC3C4C=CC(C4)C3OC(=O)NC)n1)c2OC. The van der Waals surface area contributed by atoms with Crippen LogP contribution >= 0.6 is 11.6 Å². The molecule has 1 aliphatic heterocycles. The maximum Gasteiger partial charge on any atom is 0.407 e. The fourth-order valence-electron chi connectivity index (χ4n) is 5.59. The Labute approximate surface area is 220 Å². The molecule has 0 spiro atoms. The predicted molar refractivity (Wildman–Crippen MR) is 142 cm³/mol. The number of nitrogens with one attached hydrogen (secondary N) is 3. The Bertz CT molecular complexity index is 1240. The van der Waals surface area contributed by atoms with E-state index >= 15 is 0 Å². The number of fused-ring (bicyclic) bond motifs is 3. The van der Waals surface area contributed by atoms with E-state index in [2.05, 4.69) is 38.1 Å². The van der Waals surface area contributed by atoms with Crippen molar-refractivity contribution in [1.82, 2.24) is 15.3 Å². The van der Waals surface area contributed by atoms with Gasteiger partial charge in [0.1, 0.15) is 16.9 Å². The summed E-state index contributed by atoms with van der Waals surface area (Å²) in [5.41, 5.74) is 2.55. The first kappa shape index (κ1) is 25.1. The molecule has 0 radical (unpaired) electrons. The van der Waals surface area contributed by atoms with Crippen LogP contribution in [0.2, 0.25) is 5.02 Å². The summed E-state index contributed by atoms with van der Waals surface area (Å²) in [6, 6.07) is 3.65. The van der Waals surface area contributed by atoms with Crippen molar-refractivity contribution in [3.05, 3.63) is 41.1 Å². The zero-order valence-electron chi connectivity index (χ0n) is 21.1. The monoisotopic (exact) mass is 526 g/mol. The van der Waals surface area contributed by atoms with E-state index in [0.717, 1.165) is 30.5 Å². The second kappa shape index (κ2) is 10.5. The van der Waals surface area contributed by atoms with Gasteiger partial charge in [0.15, 0.2) is 5.82 Å². The van der Waals surface area contributed by atoms with Gasteiger partial charge >= 0.3 is 6.09 Å². The van der Waals surface area contributed by atoms with Gasteiger partial charge in [0.05, 0.1) is 30.7 Å². The molecule has 0 saturated heterocycles. The van der Waals surface area contributed by atoms with E-state index in [9.17, 15) is 9.59 Å². The zero-order chi connectivity index (χ0) is 26.1. The van der Waals surface area contributed by atoms with E-state index in [4.69, 9.17) is 21.1 Å². The van der Waals surface area contributed by atoms with Gasteiger partial charge in [-0.2, -0.15) is 4.98 Å². The molecule has 2 bridgehead atoms. The lowest BCUT2D eigenvalue weighted by atomic mass is 9.98. The lowest BCUT2D eigenvalue weighted by Gasteiger charge is -2.29. The second-order valence-electron chi connectivity index (χ2n) is 9.39. The summed E-state index contributed by atoms with van der Waals surface area (Å²) in [7, 11) is 3.16. The quantitative estimate of drug-likeness (QED) is 0.457. The average molecular weight is 527 g/mol. The molecule has 2 aliphatic carbocycles. The Kier molecular flexibility index (Phi) is 7.10. The van der Waals surface area contributed by atoms with Crippen LogP contribution in [0.5, 0.6) is 5.75 Å². The van der Waals surface area contributed by atoms with E-state index in [0.29, 0.717) is 41.2 Å². The molecule has 4 unspecified atom stereocenters. The van der Waals surface area contributed by atoms with Crippen LogP contribution in [0.4, 0.5) is 27.9 Å². The molecule has 196 valence electrons. The number of methoxy groups -OCH3 is 1. The number of benzene rings is 1. The number of aromatic nitrogens is 2. The van der Waals surface area contributed by atoms with Crippen molar-refractivity contribution in [1.29, 1.82) is 0 Å². The first-order valence-corrected chi connectivity index (χ1v) is 12.9. The second-order valence-corrected chi connectivity index (χ2v) is 9.80. The molecular formula is C26H31ClN6O4. The molecular weight excluding hydrogens is 496 g/mol. The van der Waals surface area contributed by atoms with Crippen LogP contribution < -0.4 is 25.6 Å². The summed E-state index contributed by atoms with van der Waals surface area (Å²) < 4.78 is 11.4. The van der Waals surface area contributed by atoms with E-state index in [1.165, 1.54) is 6.20 Å². The first-order chi connectivity index (χ1) is 17.9. The van der Waals surface area contributed by atoms with E-state index in [-0.39, 0.29) is 29.9 Å². The Morgan fingerprint density at radius 2 is 2.05 bits per heavy atom. The highest BCUT2D eigenvalue weighted by Gasteiger charge is 2.47. The van der Waals surface area contributed by atoms with Crippen molar-refractivity contribution in [2.24, 2.45) is 11.8 Å². The summed E-state index contributed by atoms with van der Waals surface area (Å²) in [6.07, 6.45) is 7.88. The van der Waals surface area contributed by atoms with Crippen LogP contribution in [0.1, 0.15) is 31.7 Å². The van der Waals surface area contributed by atoms with Crippen molar-refractivity contribution < 1.29 is 19.1 Å². The van der Waals surface area contributed by atoms with E-state index in [1.54, 1.807) is 19.1 Å². The molecule has 3 N–H and O–H groups in total. The number of ether oxygens (including phenoxy) is 2. The minimum Gasteiger partial charge on any atom is -0.494 e. The molecule has 4 atom stereocenters. The van der Waals surface area contributed by atoms with Crippen LogP contribution in [0.15, 0.2) is 30.5 Å².